The van der Waals surface area contributed by atoms with Crippen molar-refractivity contribution in [2.45, 2.75) is 13.5 Å². The van der Waals surface area contributed by atoms with E-state index in [0.29, 0.717) is 27.8 Å². The molecule has 2 heterocycles. The van der Waals surface area contributed by atoms with Crippen LogP contribution in [0.2, 0.25) is 5.02 Å². The molecule has 0 fully saturated rings. The molecule has 0 aliphatic carbocycles. The lowest BCUT2D eigenvalue weighted by Gasteiger charge is -2.08. The van der Waals surface area contributed by atoms with Gasteiger partial charge in [0.05, 0.1) is 5.02 Å². The van der Waals surface area contributed by atoms with E-state index in [1.807, 2.05) is 43.3 Å². The highest BCUT2D eigenvalue weighted by Crippen LogP contribution is 2.31. The molecule has 4 rings (SSSR count). The molecule has 4 aromatic rings. The highest BCUT2D eigenvalue weighted by Gasteiger charge is 2.11. The Balaban J connectivity index is 1.57. The maximum Gasteiger partial charge on any atom is 0.336 e. The summed E-state index contributed by atoms with van der Waals surface area (Å²) in [4.78, 5) is 11.6. The van der Waals surface area contributed by atoms with Gasteiger partial charge in [-0.05, 0) is 18.6 Å². The fraction of sp³-hybridized carbons (Fsp3) is 0.100. The number of aromatic nitrogens is 1. The van der Waals surface area contributed by atoms with Gasteiger partial charge in [0.15, 0.2) is 5.76 Å². The lowest BCUT2D eigenvalue weighted by Crippen LogP contribution is -2.00. The fourth-order valence-electron chi connectivity index (χ4n) is 2.70. The van der Waals surface area contributed by atoms with E-state index in [2.05, 4.69) is 5.16 Å². The van der Waals surface area contributed by atoms with Crippen LogP contribution in [0.15, 0.2) is 68.3 Å². The van der Waals surface area contributed by atoms with Crippen LogP contribution in [-0.4, -0.2) is 5.16 Å². The Bertz CT molecular complexity index is 1130. The van der Waals surface area contributed by atoms with Crippen LogP contribution < -0.4 is 10.4 Å². The Morgan fingerprint density at radius 2 is 1.92 bits per heavy atom. The van der Waals surface area contributed by atoms with E-state index in [1.54, 1.807) is 12.1 Å². The maximum atomic E-state index is 11.6. The van der Waals surface area contributed by atoms with Crippen LogP contribution in [-0.2, 0) is 6.61 Å². The van der Waals surface area contributed by atoms with E-state index in [-0.39, 0.29) is 6.61 Å². The molecule has 0 saturated heterocycles. The molecule has 0 atom stereocenters. The summed E-state index contributed by atoms with van der Waals surface area (Å²) in [5.74, 6) is 1.08. The van der Waals surface area contributed by atoms with Gasteiger partial charge >= 0.3 is 5.63 Å². The number of hydrogen-bond donors (Lipinski definition) is 0. The summed E-state index contributed by atoms with van der Waals surface area (Å²) in [6, 6.07) is 16.3. The largest absolute Gasteiger partial charge is 0.485 e. The summed E-state index contributed by atoms with van der Waals surface area (Å²) < 4.78 is 16.3. The second kappa shape index (κ2) is 6.69. The summed E-state index contributed by atoms with van der Waals surface area (Å²) in [7, 11) is 0. The zero-order valence-electron chi connectivity index (χ0n) is 13.9. The van der Waals surface area contributed by atoms with Crippen LogP contribution in [0.5, 0.6) is 5.75 Å². The van der Waals surface area contributed by atoms with Gasteiger partial charge in [-0.1, -0.05) is 47.1 Å². The van der Waals surface area contributed by atoms with Crippen molar-refractivity contribution in [2.24, 2.45) is 0 Å². The second-order valence-corrected chi connectivity index (χ2v) is 6.27. The third-order valence-electron chi connectivity index (χ3n) is 4.00. The molecule has 0 radical (unpaired) electrons. The summed E-state index contributed by atoms with van der Waals surface area (Å²) in [5, 5.41) is 5.22. The van der Waals surface area contributed by atoms with Gasteiger partial charge in [0.2, 0.25) is 0 Å². The first-order valence-electron chi connectivity index (χ1n) is 7.98. The van der Waals surface area contributed by atoms with Crippen molar-refractivity contribution in [3.05, 3.63) is 81.3 Å². The molecule has 0 aliphatic heterocycles. The monoisotopic (exact) mass is 367 g/mol. The van der Waals surface area contributed by atoms with E-state index >= 15 is 0 Å². The molecule has 0 spiro atoms. The molecular weight excluding hydrogens is 354 g/mol. The number of nitrogens with zero attached hydrogens (tertiary/aromatic N) is 1. The molecule has 2 aromatic heterocycles. The highest BCUT2D eigenvalue weighted by atomic mass is 35.5. The van der Waals surface area contributed by atoms with Gasteiger partial charge in [0.25, 0.3) is 0 Å². The van der Waals surface area contributed by atoms with Crippen LogP contribution in [0.4, 0.5) is 0 Å². The minimum atomic E-state index is -0.410. The molecule has 6 heteroatoms. The number of ether oxygens (including phenoxy) is 1. The predicted molar refractivity (Wildman–Crippen MR) is 98.5 cm³/mol. The molecule has 5 nitrogen and oxygen atoms in total. The first-order chi connectivity index (χ1) is 12.6. The smallest absolute Gasteiger partial charge is 0.336 e. The van der Waals surface area contributed by atoms with Crippen LogP contribution in [0.25, 0.3) is 22.3 Å². The molecule has 0 bridgehead atoms. The van der Waals surface area contributed by atoms with Crippen molar-refractivity contribution < 1.29 is 13.7 Å². The van der Waals surface area contributed by atoms with Crippen molar-refractivity contribution in [1.82, 2.24) is 5.16 Å². The van der Waals surface area contributed by atoms with Crippen molar-refractivity contribution in [2.75, 3.05) is 0 Å². The quantitative estimate of drug-likeness (QED) is 0.475. The van der Waals surface area contributed by atoms with Gasteiger partial charge in [0.1, 0.15) is 23.6 Å². The molecule has 0 unspecified atom stereocenters. The van der Waals surface area contributed by atoms with Crippen LogP contribution in [0.3, 0.4) is 0 Å². The van der Waals surface area contributed by atoms with Crippen molar-refractivity contribution in [3.63, 3.8) is 0 Å². The van der Waals surface area contributed by atoms with Gasteiger partial charge in [-0.2, -0.15) is 0 Å². The first kappa shape index (κ1) is 16.4. The topological polar surface area (TPSA) is 65.5 Å². The van der Waals surface area contributed by atoms with E-state index in [1.165, 1.54) is 6.07 Å². The van der Waals surface area contributed by atoms with E-state index in [0.717, 1.165) is 16.5 Å². The maximum absolute atomic E-state index is 11.6. The molecule has 26 heavy (non-hydrogen) atoms. The minimum Gasteiger partial charge on any atom is -0.485 e. The molecular formula is C20H14ClNO4. The van der Waals surface area contributed by atoms with Crippen LogP contribution >= 0.6 is 11.6 Å². The van der Waals surface area contributed by atoms with E-state index in [4.69, 9.17) is 25.3 Å². The Hall–Kier alpha value is -3.05. The van der Waals surface area contributed by atoms with E-state index in [9.17, 15) is 4.79 Å². The number of fused-ring (bicyclic) bond motifs is 1. The number of benzene rings is 2. The highest BCUT2D eigenvalue weighted by molar-refractivity contribution is 6.32. The zero-order chi connectivity index (χ0) is 18.1. The van der Waals surface area contributed by atoms with Gasteiger partial charge in [-0.25, -0.2) is 4.79 Å². The Morgan fingerprint density at radius 1 is 1.12 bits per heavy atom. The summed E-state index contributed by atoms with van der Waals surface area (Å²) in [5.41, 5.74) is 2.39. The van der Waals surface area contributed by atoms with Gasteiger partial charge < -0.3 is 13.7 Å². The normalized spacial score (nSPS) is 11.0. The fourth-order valence-corrected chi connectivity index (χ4v) is 2.92. The third-order valence-corrected chi connectivity index (χ3v) is 4.29. The van der Waals surface area contributed by atoms with Gasteiger partial charge in [0, 0.05) is 29.1 Å². The Morgan fingerprint density at radius 3 is 2.73 bits per heavy atom. The average molecular weight is 368 g/mol. The minimum absolute atomic E-state index is 0.178. The number of rotatable bonds is 4. The van der Waals surface area contributed by atoms with Crippen molar-refractivity contribution in [3.8, 4) is 17.1 Å². The molecule has 2 aromatic carbocycles. The zero-order valence-corrected chi connectivity index (χ0v) is 14.6. The number of halogens is 1. The van der Waals surface area contributed by atoms with Crippen molar-refractivity contribution in [1.29, 1.82) is 0 Å². The van der Waals surface area contributed by atoms with Gasteiger partial charge in [-0.3, -0.25) is 0 Å². The second-order valence-electron chi connectivity index (χ2n) is 5.86. The molecule has 130 valence electrons. The predicted octanol–water partition coefficient (Wildman–Crippen LogP) is 4.99. The molecule has 0 saturated carbocycles. The molecule has 0 amide bonds. The lowest BCUT2D eigenvalue weighted by atomic mass is 10.1. The summed E-state index contributed by atoms with van der Waals surface area (Å²) >= 11 is 6.29. The third kappa shape index (κ3) is 3.21. The SMILES string of the molecule is Cc1cc(=O)oc2cc(OCc3cc(-c4ccccc4)on3)c(Cl)cc12. The standard InChI is InChI=1S/C20H14ClNO4/c1-12-7-20(23)25-18-10-19(16(21)9-15(12)18)24-11-14-8-17(26-22-14)13-5-3-2-4-6-13/h2-10H,11H2,1H3. The first-order valence-corrected chi connectivity index (χ1v) is 8.36. The number of hydrogen-bond acceptors (Lipinski definition) is 5. The van der Waals surface area contributed by atoms with Crippen LogP contribution in [0, 0.1) is 6.92 Å². The lowest BCUT2D eigenvalue weighted by molar-refractivity contribution is 0.290. The summed E-state index contributed by atoms with van der Waals surface area (Å²) in [6.45, 7) is 2.01. The average Bonchev–Trinajstić information content (AvgIpc) is 3.10. The van der Waals surface area contributed by atoms with Crippen LogP contribution in [0.1, 0.15) is 11.3 Å². The summed E-state index contributed by atoms with van der Waals surface area (Å²) in [6.07, 6.45) is 0. The Kier molecular flexibility index (Phi) is 4.22. The molecule has 0 aliphatic rings. The Labute approximate surface area is 153 Å². The van der Waals surface area contributed by atoms with Gasteiger partial charge in [-0.15, -0.1) is 0 Å². The molecule has 0 N–H and O–H groups in total. The van der Waals surface area contributed by atoms with E-state index < -0.39 is 5.63 Å². The number of aryl methyl sites for hydroxylation is 1. The van der Waals surface area contributed by atoms with Crippen molar-refractivity contribution >= 4 is 22.6 Å².